The van der Waals surface area contributed by atoms with Crippen LogP contribution in [0.15, 0.2) is 45.8 Å². The van der Waals surface area contributed by atoms with Crippen LogP contribution < -0.4 is 5.56 Å². The van der Waals surface area contributed by atoms with Crippen molar-refractivity contribution in [1.82, 2.24) is 19.4 Å². The number of nitrogens with zero attached hydrogens (tertiary/aromatic N) is 4. The van der Waals surface area contributed by atoms with E-state index >= 15 is 0 Å². The Balaban J connectivity index is 1.63. The Labute approximate surface area is 133 Å². The van der Waals surface area contributed by atoms with Crippen LogP contribution in [0.2, 0.25) is 0 Å². The van der Waals surface area contributed by atoms with Crippen molar-refractivity contribution in [3.63, 3.8) is 0 Å². The fraction of sp³-hybridized carbons (Fsp3) is 0.353. The minimum Gasteiger partial charge on any atom is -0.361 e. The van der Waals surface area contributed by atoms with Crippen molar-refractivity contribution in [3.05, 3.63) is 64.0 Å². The summed E-state index contributed by atoms with van der Waals surface area (Å²) in [5, 5.41) is 4.15. The summed E-state index contributed by atoms with van der Waals surface area (Å²) in [6.07, 6.45) is 3.91. The van der Waals surface area contributed by atoms with Gasteiger partial charge in [0, 0.05) is 24.9 Å². The van der Waals surface area contributed by atoms with Gasteiger partial charge in [0.15, 0.2) is 0 Å². The van der Waals surface area contributed by atoms with Gasteiger partial charge in [0.1, 0.15) is 17.1 Å². The minimum atomic E-state index is -0.0429. The van der Waals surface area contributed by atoms with Gasteiger partial charge < -0.3 is 4.52 Å². The van der Waals surface area contributed by atoms with Gasteiger partial charge in [-0.2, -0.15) is 0 Å². The van der Waals surface area contributed by atoms with Crippen LogP contribution in [0.5, 0.6) is 0 Å². The lowest BCUT2D eigenvalue weighted by molar-refractivity contribution is 0.234. The van der Waals surface area contributed by atoms with E-state index in [0.29, 0.717) is 12.2 Å². The zero-order valence-electron chi connectivity index (χ0n) is 13.0. The van der Waals surface area contributed by atoms with Crippen LogP contribution in [0.4, 0.5) is 0 Å². The monoisotopic (exact) mass is 310 g/mol. The molecule has 118 valence electrons. The number of hydrogen-bond donors (Lipinski definition) is 0. The lowest BCUT2D eigenvalue weighted by atomic mass is 10.1. The molecule has 6 nitrogen and oxygen atoms in total. The highest BCUT2D eigenvalue weighted by atomic mass is 16.5. The molecule has 0 amide bonds. The van der Waals surface area contributed by atoms with Gasteiger partial charge in [-0.15, -0.1) is 0 Å². The van der Waals surface area contributed by atoms with E-state index in [4.69, 9.17) is 4.52 Å². The van der Waals surface area contributed by atoms with E-state index in [2.05, 4.69) is 15.0 Å². The van der Waals surface area contributed by atoms with Crippen molar-refractivity contribution in [2.75, 3.05) is 6.54 Å². The molecule has 0 radical (unpaired) electrons. The van der Waals surface area contributed by atoms with Gasteiger partial charge in [-0.25, -0.2) is 4.98 Å². The zero-order valence-corrected chi connectivity index (χ0v) is 13.0. The van der Waals surface area contributed by atoms with Gasteiger partial charge in [-0.1, -0.05) is 11.2 Å². The number of pyridine rings is 1. The third kappa shape index (κ3) is 2.66. The Hall–Kier alpha value is -2.47. The van der Waals surface area contributed by atoms with Crippen LogP contribution in [-0.4, -0.2) is 26.0 Å². The molecule has 23 heavy (non-hydrogen) atoms. The van der Waals surface area contributed by atoms with Crippen LogP contribution in [0.25, 0.3) is 5.65 Å². The summed E-state index contributed by atoms with van der Waals surface area (Å²) in [5.41, 5.74) is 2.41. The largest absolute Gasteiger partial charge is 0.361 e. The molecule has 0 aromatic carbocycles. The minimum absolute atomic E-state index is 0.0429. The molecule has 4 rings (SSSR count). The second-order valence-corrected chi connectivity index (χ2v) is 6.01. The Morgan fingerprint density at radius 2 is 2.26 bits per heavy atom. The highest BCUT2D eigenvalue weighted by molar-refractivity contribution is 5.38. The Morgan fingerprint density at radius 3 is 3.09 bits per heavy atom. The molecule has 0 spiro atoms. The molecular formula is C17H18N4O2. The number of aromatic nitrogens is 3. The third-order valence-electron chi connectivity index (χ3n) is 4.34. The maximum atomic E-state index is 12.2. The van der Waals surface area contributed by atoms with Crippen LogP contribution in [0.1, 0.15) is 36.0 Å². The predicted octanol–water partition coefficient (Wildman–Crippen LogP) is 2.33. The highest BCUT2D eigenvalue weighted by Crippen LogP contribution is 2.32. The number of likely N-dealkylation sites (tertiary alicyclic amines) is 1. The van der Waals surface area contributed by atoms with Gasteiger partial charge >= 0.3 is 0 Å². The molecule has 1 aliphatic heterocycles. The quantitative estimate of drug-likeness (QED) is 0.743. The standard InChI is InChI=1S/C17H18N4O2/c1-12-9-14(19-23-12)15-5-4-7-20(15)11-13-10-17(22)21-8-3-2-6-16(21)18-13/h2-3,6,8-10,15H,4-5,7,11H2,1H3/t15-/m0/s1. The van der Waals surface area contributed by atoms with E-state index in [0.717, 1.165) is 36.5 Å². The summed E-state index contributed by atoms with van der Waals surface area (Å²) in [6, 6.07) is 9.43. The Kier molecular flexibility index (Phi) is 3.46. The first-order valence-electron chi connectivity index (χ1n) is 7.85. The summed E-state index contributed by atoms with van der Waals surface area (Å²) in [4.78, 5) is 19.1. The Morgan fingerprint density at radius 1 is 1.35 bits per heavy atom. The summed E-state index contributed by atoms with van der Waals surface area (Å²) < 4.78 is 6.77. The second kappa shape index (κ2) is 5.62. The van der Waals surface area contributed by atoms with E-state index in [1.165, 1.54) is 0 Å². The van der Waals surface area contributed by atoms with Crippen molar-refractivity contribution in [2.45, 2.75) is 32.4 Å². The fourth-order valence-corrected chi connectivity index (χ4v) is 3.29. The van der Waals surface area contributed by atoms with Crippen LogP contribution in [-0.2, 0) is 6.54 Å². The van der Waals surface area contributed by atoms with E-state index in [1.807, 2.05) is 31.2 Å². The molecule has 1 atom stereocenters. The molecule has 0 unspecified atom stereocenters. The van der Waals surface area contributed by atoms with E-state index in [9.17, 15) is 4.79 Å². The van der Waals surface area contributed by atoms with E-state index < -0.39 is 0 Å². The summed E-state index contributed by atoms with van der Waals surface area (Å²) >= 11 is 0. The van der Waals surface area contributed by atoms with E-state index in [1.54, 1.807) is 16.7 Å². The van der Waals surface area contributed by atoms with Crippen molar-refractivity contribution < 1.29 is 4.52 Å². The average molecular weight is 310 g/mol. The molecular weight excluding hydrogens is 292 g/mol. The molecule has 3 aromatic rings. The SMILES string of the molecule is Cc1cc([C@@H]2CCCN2Cc2cc(=O)n3ccccc3n2)no1. The normalized spacial score (nSPS) is 18.7. The number of rotatable bonds is 3. The first-order chi connectivity index (χ1) is 11.2. The molecule has 0 N–H and O–H groups in total. The first kappa shape index (κ1) is 14.1. The van der Waals surface area contributed by atoms with Crippen LogP contribution >= 0.6 is 0 Å². The summed E-state index contributed by atoms with van der Waals surface area (Å²) in [7, 11) is 0. The maximum absolute atomic E-state index is 12.2. The third-order valence-corrected chi connectivity index (χ3v) is 4.34. The van der Waals surface area contributed by atoms with Crippen LogP contribution in [0.3, 0.4) is 0 Å². The molecule has 1 fully saturated rings. The molecule has 1 saturated heterocycles. The molecule has 4 heterocycles. The maximum Gasteiger partial charge on any atom is 0.258 e. The number of hydrogen-bond acceptors (Lipinski definition) is 5. The van der Waals surface area contributed by atoms with Gasteiger partial charge in [0.05, 0.1) is 11.7 Å². The topological polar surface area (TPSA) is 63.6 Å². The van der Waals surface area contributed by atoms with E-state index in [-0.39, 0.29) is 11.6 Å². The second-order valence-electron chi connectivity index (χ2n) is 6.01. The molecule has 1 aliphatic rings. The Bertz CT molecular complexity index is 899. The first-order valence-corrected chi connectivity index (χ1v) is 7.85. The summed E-state index contributed by atoms with van der Waals surface area (Å²) in [5.74, 6) is 0.828. The fourth-order valence-electron chi connectivity index (χ4n) is 3.29. The highest BCUT2D eigenvalue weighted by Gasteiger charge is 2.28. The molecule has 0 aliphatic carbocycles. The van der Waals surface area contributed by atoms with Crippen molar-refractivity contribution >= 4 is 5.65 Å². The van der Waals surface area contributed by atoms with Gasteiger partial charge in [0.25, 0.3) is 5.56 Å². The number of aryl methyl sites for hydroxylation is 1. The average Bonchev–Trinajstić information content (AvgIpc) is 3.16. The van der Waals surface area contributed by atoms with Gasteiger partial charge in [-0.3, -0.25) is 14.1 Å². The lowest BCUT2D eigenvalue weighted by Crippen LogP contribution is -2.25. The van der Waals surface area contributed by atoms with Gasteiger partial charge in [-0.05, 0) is 38.4 Å². The molecule has 6 heteroatoms. The van der Waals surface area contributed by atoms with Crippen LogP contribution in [0, 0.1) is 6.92 Å². The van der Waals surface area contributed by atoms with Crippen molar-refractivity contribution in [3.8, 4) is 0 Å². The predicted molar refractivity (Wildman–Crippen MR) is 85.1 cm³/mol. The molecule has 0 saturated carbocycles. The van der Waals surface area contributed by atoms with Gasteiger partial charge in [0.2, 0.25) is 0 Å². The van der Waals surface area contributed by atoms with Crippen molar-refractivity contribution in [1.29, 1.82) is 0 Å². The summed E-state index contributed by atoms with van der Waals surface area (Å²) in [6.45, 7) is 3.53. The number of fused-ring (bicyclic) bond motifs is 1. The zero-order chi connectivity index (χ0) is 15.8. The molecule has 0 bridgehead atoms. The van der Waals surface area contributed by atoms with Crippen molar-refractivity contribution in [2.24, 2.45) is 0 Å². The molecule has 3 aromatic heterocycles. The smallest absolute Gasteiger partial charge is 0.258 e. The lowest BCUT2D eigenvalue weighted by Gasteiger charge is -2.22.